The Labute approximate surface area is 261 Å². The topological polar surface area (TPSA) is 54.4 Å². The van der Waals surface area contributed by atoms with Gasteiger partial charge in [-0.15, -0.1) is 11.6 Å². The number of aliphatic hydroxyl groups is 1. The van der Waals surface area contributed by atoms with Crippen molar-refractivity contribution < 1.29 is 14.7 Å². The summed E-state index contributed by atoms with van der Waals surface area (Å²) in [7, 11) is 0. The highest BCUT2D eigenvalue weighted by atomic mass is 35.5. The number of alkyl halides is 1. The van der Waals surface area contributed by atoms with E-state index in [0.717, 1.165) is 44.9 Å². The Kier molecular flexibility index (Phi) is 31.7. The van der Waals surface area contributed by atoms with Gasteiger partial charge in [0, 0.05) is 18.7 Å². The van der Waals surface area contributed by atoms with Crippen molar-refractivity contribution in [3.05, 3.63) is 12.2 Å². The zero-order valence-electron chi connectivity index (χ0n) is 27.5. The molecule has 2 atom stereocenters. The van der Waals surface area contributed by atoms with Crippen LogP contribution in [0, 0.1) is 5.92 Å². The Hall–Kier alpha value is -0.670. The number of aliphatic hydroxyl groups excluding tert-OH is 1. The minimum atomic E-state index is -1.24. The van der Waals surface area contributed by atoms with Crippen molar-refractivity contribution in [2.75, 3.05) is 5.88 Å². The van der Waals surface area contributed by atoms with Crippen LogP contribution < -0.4 is 0 Å². The van der Waals surface area contributed by atoms with E-state index >= 15 is 0 Å². The summed E-state index contributed by atoms with van der Waals surface area (Å²) < 4.78 is 0. The molecule has 3 nitrogen and oxygen atoms in total. The highest BCUT2D eigenvalue weighted by Gasteiger charge is 2.30. The molecule has 0 spiro atoms. The maximum Gasteiger partial charge on any atom is 0.162 e. The molecule has 0 saturated carbocycles. The van der Waals surface area contributed by atoms with Crippen LogP contribution >= 0.6 is 11.6 Å². The molecule has 41 heavy (non-hydrogen) atoms. The zero-order valence-corrected chi connectivity index (χ0v) is 28.2. The van der Waals surface area contributed by atoms with E-state index in [1.807, 2.05) is 0 Å². The first-order chi connectivity index (χ1) is 20.1. The predicted molar refractivity (Wildman–Crippen MR) is 180 cm³/mol. The molecule has 0 amide bonds. The number of Topliss-reactive ketones (excluding diaryl/α,β-unsaturated/α-hetero) is 2. The summed E-state index contributed by atoms with van der Waals surface area (Å²) in [5.41, 5.74) is 0. The van der Waals surface area contributed by atoms with Gasteiger partial charge in [0.2, 0.25) is 0 Å². The van der Waals surface area contributed by atoms with E-state index in [1.165, 1.54) is 122 Å². The summed E-state index contributed by atoms with van der Waals surface area (Å²) in [5, 5.41) is 10.5. The third-order valence-corrected chi connectivity index (χ3v) is 8.84. The van der Waals surface area contributed by atoms with Crippen LogP contribution in [0.4, 0.5) is 0 Å². The van der Waals surface area contributed by atoms with Gasteiger partial charge in [0.1, 0.15) is 11.9 Å². The molecule has 1 N–H and O–H groups in total. The molecule has 0 fully saturated rings. The summed E-state index contributed by atoms with van der Waals surface area (Å²) in [4.78, 5) is 25.1. The highest BCUT2D eigenvalue weighted by molar-refractivity contribution is 6.19. The minimum absolute atomic E-state index is 0.0232. The third kappa shape index (κ3) is 26.7. The summed E-state index contributed by atoms with van der Waals surface area (Å²) >= 11 is 6.02. The zero-order chi connectivity index (χ0) is 30.2. The van der Waals surface area contributed by atoms with Crippen molar-refractivity contribution in [3.63, 3.8) is 0 Å². The molecule has 0 rings (SSSR count). The first kappa shape index (κ1) is 40.3. The van der Waals surface area contributed by atoms with Crippen molar-refractivity contribution >= 4 is 23.2 Å². The second-order valence-corrected chi connectivity index (χ2v) is 12.8. The van der Waals surface area contributed by atoms with Gasteiger partial charge in [-0.2, -0.15) is 0 Å². The van der Waals surface area contributed by atoms with Crippen LogP contribution in [0.1, 0.15) is 194 Å². The second-order valence-electron chi connectivity index (χ2n) is 12.5. The summed E-state index contributed by atoms with van der Waals surface area (Å²) in [6.45, 7) is 4.52. The maximum absolute atomic E-state index is 12.6. The Bertz CT molecular complexity index is 603. The standard InChI is InChI=1S/C37H69ClO3/c1-3-5-7-9-11-13-15-17-18-20-21-23-25-27-29-31-35(39)34(33-38)37(41)36(40)32-30-28-26-24-22-19-16-14-12-10-8-6-4-2/h17-18,34,37,41H,3-16,19-33H2,1-2H3/b18-17-. The average molecular weight is 597 g/mol. The number of hydrogen-bond acceptors (Lipinski definition) is 3. The number of carbonyl (C=O) groups is 2. The molecule has 0 aromatic carbocycles. The Morgan fingerprint density at radius 3 is 1.20 bits per heavy atom. The molecule has 0 radical (unpaired) electrons. The van der Waals surface area contributed by atoms with Crippen molar-refractivity contribution in [1.29, 1.82) is 0 Å². The van der Waals surface area contributed by atoms with E-state index in [4.69, 9.17) is 11.6 Å². The molecule has 0 aliphatic rings. The Morgan fingerprint density at radius 1 is 0.512 bits per heavy atom. The van der Waals surface area contributed by atoms with Gasteiger partial charge in [-0.05, 0) is 38.5 Å². The minimum Gasteiger partial charge on any atom is -0.385 e. The van der Waals surface area contributed by atoms with Crippen molar-refractivity contribution in [1.82, 2.24) is 0 Å². The van der Waals surface area contributed by atoms with E-state index in [1.54, 1.807) is 0 Å². The predicted octanol–water partition coefficient (Wildman–Crippen LogP) is 11.9. The molecule has 0 aromatic heterocycles. The number of rotatable bonds is 33. The number of carbonyl (C=O) groups excluding carboxylic acids is 2. The third-order valence-electron chi connectivity index (χ3n) is 8.50. The maximum atomic E-state index is 12.6. The van der Waals surface area contributed by atoms with Crippen LogP contribution in [-0.2, 0) is 9.59 Å². The van der Waals surface area contributed by atoms with Crippen molar-refractivity contribution in [3.8, 4) is 0 Å². The molecule has 2 unspecified atom stereocenters. The number of allylic oxidation sites excluding steroid dienone is 2. The normalized spacial score (nSPS) is 13.2. The molecular formula is C37H69ClO3. The van der Waals surface area contributed by atoms with Gasteiger partial charge in [-0.25, -0.2) is 0 Å². The smallest absolute Gasteiger partial charge is 0.162 e. The fourth-order valence-corrected chi connectivity index (χ4v) is 5.93. The lowest BCUT2D eigenvalue weighted by molar-refractivity contribution is -0.136. The first-order valence-corrected chi connectivity index (χ1v) is 18.6. The molecule has 0 aliphatic heterocycles. The fourth-order valence-electron chi connectivity index (χ4n) is 5.59. The van der Waals surface area contributed by atoms with Crippen LogP contribution in [0.3, 0.4) is 0 Å². The molecule has 0 saturated heterocycles. The molecule has 0 heterocycles. The van der Waals surface area contributed by atoms with Crippen LogP contribution in [-0.4, -0.2) is 28.7 Å². The van der Waals surface area contributed by atoms with Gasteiger partial charge in [0.25, 0.3) is 0 Å². The fraction of sp³-hybridized carbons (Fsp3) is 0.892. The largest absolute Gasteiger partial charge is 0.385 e. The van der Waals surface area contributed by atoms with Crippen molar-refractivity contribution in [2.45, 2.75) is 200 Å². The van der Waals surface area contributed by atoms with E-state index in [0.29, 0.717) is 12.8 Å². The Morgan fingerprint density at radius 2 is 0.829 bits per heavy atom. The number of ketones is 2. The number of unbranched alkanes of at least 4 members (excludes halogenated alkanes) is 23. The molecule has 0 aliphatic carbocycles. The van der Waals surface area contributed by atoms with Gasteiger partial charge in [-0.1, -0.05) is 154 Å². The summed E-state index contributed by atoms with van der Waals surface area (Å²) in [6, 6.07) is 0. The lowest BCUT2D eigenvalue weighted by atomic mass is 9.91. The number of halogens is 1. The molecule has 0 bridgehead atoms. The van der Waals surface area contributed by atoms with Gasteiger partial charge in [-0.3, -0.25) is 9.59 Å². The van der Waals surface area contributed by atoms with E-state index < -0.39 is 12.0 Å². The lowest BCUT2D eigenvalue weighted by Gasteiger charge is -2.18. The van der Waals surface area contributed by atoms with E-state index in [-0.39, 0.29) is 17.4 Å². The first-order valence-electron chi connectivity index (χ1n) is 18.0. The molecule has 4 heteroatoms. The van der Waals surface area contributed by atoms with Crippen LogP contribution in [0.2, 0.25) is 0 Å². The highest BCUT2D eigenvalue weighted by Crippen LogP contribution is 2.18. The summed E-state index contributed by atoms with van der Waals surface area (Å²) in [6.07, 6.45) is 36.4. The summed E-state index contributed by atoms with van der Waals surface area (Å²) in [5.74, 6) is -0.988. The average Bonchev–Trinajstić information content (AvgIpc) is 2.97. The molecule has 242 valence electrons. The van der Waals surface area contributed by atoms with Gasteiger partial charge < -0.3 is 5.11 Å². The van der Waals surface area contributed by atoms with Crippen LogP contribution in [0.25, 0.3) is 0 Å². The second kappa shape index (κ2) is 32.2. The van der Waals surface area contributed by atoms with E-state index in [2.05, 4.69) is 26.0 Å². The van der Waals surface area contributed by atoms with Gasteiger partial charge in [0.15, 0.2) is 5.78 Å². The van der Waals surface area contributed by atoms with Gasteiger partial charge in [0.05, 0.1) is 5.92 Å². The number of hydrogen-bond donors (Lipinski definition) is 1. The monoisotopic (exact) mass is 596 g/mol. The quantitative estimate of drug-likeness (QED) is 0.0465. The van der Waals surface area contributed by atoms with Crippen LogP contribution in [0.15, 0.2) is 12.2 Å². The molecule has 0 aromatic rings. The molecular weight excluding hydrogens is 528 g/mol. The Balaban J connectivity index is 3.73. The SMILES string of the molecule is CCCCCCCC/C=C\CCCCCCCC(=O)C(CCl)C(O)C(=O)CCCCCCCCCCCCCCC. The van der Waals surface area contributed by atoms with Crippen LogP contribution in [0.5, 0.6) is 0 Å². The lowest BCUT2D eigenvalue weighted by Crippen LogP contribution is -2.36. The van der Waals surface area contributed by atoms with Crippen molar-refractivity contribution in [2.24, 2.45) is 5.92 Å². The van der Waals surface area contributed by atoms with Gasteiger partial charge >= 0.3 is 0 Å². The van der Waals surface area contributed by atoms with E-state index in [9.17, 15) is 14.7 Å².